The third kappa shape index (κ3) is 23.0. The van der Waals surface area contributed by atoms with Gasteiger partial charge in [0.1, 0.15) is 0 Å². The fraction of sp³-hybridized carbons (Fsp3) is 0.708. The number of benzene rings is 1. The van der Waals surface area contributed by atoms with Gasteiger partial charge in [-0.2, -0.15) is 0 Å². The van der Waals surface area contributed by atoms with Crippen molar-refractivity contribution in [1.82, 2.24) is 0 Å². The van der Waals surface area contributed by atoms with E-state index in [4.69, 9.17) is 5.73 Å². The molecular formula is C24H43NOS. The van der Waals surface area contributed by atoms with Crippen molar-refractivity contribution in [3.05, 3.63) is 30.3 Å². The highest BCUT2D eigenvalue weighted by atomic mass is 32.1. The molecule has 0 saturated carbocycles. The largest absolute Gasteiger partial charge is 0.370 e. The molecule has 0 atom stereocenters. The van der Waals surface area contributed by atoms with Gasteiger partial charge in [-0.25, -0.2) is 0 Å². The first-order valence-corrected chi connectivity index (χ1v) is 11.6. The molecule has 0 fully saturated rings. The molecule has 1 amide bonds. The summed E-state index contributed by atoms with van der Waals surface area (Å²) in [6.07, 6.45) is 20.9. The summed E-state index contributed by atoms with van der Waals surface area (Å²) in [5.74, 6) is -0.153. The molecule has 1 aromatic rings. The number of amides is 1. The summed E-state index contributed by atoms with van der Waals surface area (Å²) in [5, 5.41) is 0. The van der Waals surface area contributed by atoms with Gasteiger partial charge in [0.25, 0.3) is 0 Å². The van der Waals surface area contributed by atoms with Crippen molar-refractivity contribution in [2.75, 3.05) is 0 Å². The summed E-state index contributed by atoms with van der Waals surface area (Å²) in [6, 6.07) is 9.79. The second kappa shape index (κ2) is 21.3. The van der Waals surface area contributed by atoms with Gasteiger partial charge in [-0.15, -0.1) is 12.6 Å². The molecule has 0 spiro atoms. The zero-order valence-electron chi connectivity index (χ0n) is 17.6. The maximum absolute atomic E-state index is 10.6. The van der Waals surface area contributed by atoms with Crippen LogP contribution in [-0.2, 0) is 4.79 Å². The van der Waals surface area contributed by atoms with Crippen LogP contribution in [0.3, 0.4) is 0 Å². The van der Waals surface area contributed by atoms with Gasteiger partial charge in [0.15, 0.2) is 0 Å². The van der Waals surface area contributed by atoms with E-state index in [-0.39, 0.29) is 5.91 Å². The Balaban J connectivity index is 0.000000797. The highest BCUT2D eigenvalue weighted by Crippen LogP contribution is 2.13. The summed E-state index contributed by atoms with van der Waals surface area (Å²) in [7, 11) is 0. The van der Waals surface area contributed by atoms with Crippen LogP contribution in [0.5, 0.6) is 0 Å². The Morgan fingerprint density at radius 2 is 1.07 bits per heavy atom. The lowest BCUT2D eigenvalue weighted by Crippen LogP contribution is -2.09. The smallest absolute Gasteiger partial charge is 0.217 e. The van der Waals surface area contributed by atoms with E-state index in [0.29, 0.717) is 6.42 Å². The number of hydrogen-bond acceptors (Lipinski definition) is 2. The molecule has 3 heteroatoms. The first-order chi connectivity index (χ1) is 13.2. The van der Waals surface area contributed by atoms with Crippen LogP contribution in [0.1, 0.15) is 110 Å². The predicted molar refractivity (Wildman–Crippen MR) is 122 cm³/mol. The lowest BCUT2D eigenvalue weighted by Gasteiger charge is -2.03. The van der Waals surface area contributed by atoms with Gasteiger partial charge in [-0.3, -0.25) is 4.79 Å². The van der Waals surface area contributed by atoms with E-state index >= 15 is 0 Å². The van der Waals surface area contributed by atoms with Crippen LogP contribution in [0.4, 0.5) is 0 Å². The molecular weight excluding hydrogens is 350 g/mol. The zero-order chi connectivity index (χ0) is 20.0. The highest BCUT2D eigenvalue weighted by molar-refractivity contribution is 7.80. The van der Waals surface area contributed by atoms with Crippen LogP contribution in [0.2, 0.25) is 0 Å². The molecule has 156 valence electrons. The molecule has 0 aromatic heterocycles. The molecule has 0 aliphatic rings. The van der Waals surface area contributed by atoms with Crippen molar-refractivity contribution >= 4 is 18.5 Å². The quantitative estimate of drug-likeness (QED) is 0.219. The summed E-state index contributed by atoms with van der Waals surface area (Å²) in [4.78, 5) is 11.6. The lowest BCUT2D eigenvalue weighted by atomic mass is 10.0. The minimum atomic E-state index is -0.153. The van der Waals surface area contributed by atoms with E-state index < -0.39 is 0 Å². The van der Waals surface area contributed by atoms with Gasteiger partial charge < -0.3 is 5.73 Å². The Morgan fingerprint density at radius 1 is 0.704 bits per heavy atom. The van der Waals surface area contributed by atoms with Gasteiger partial charge in [-0.05, 0) is 18.6 Å². The number of carbonyl (C=O) groups is 1. The molecule has 0 aliphatic carbocycles. The number of hydrogen-bond donors (Lipinski definition) is 2. The van der Waals surface area contributed by atoms with Crippen LogP contribution in [0.15, 0.2) is 35.2 Å². The Hall–Kier alpha value is -0.960. The number of thiol groups is 1. The first-order valence-electron chi connectivity index (χ1n) is 11.2. The monoisotopic (exact) mass is 393 g/mol. The Morgan fingerprint density at radius 3 is 1.37 bits per heavy atom. The van der Waals surface area contributed by atoms with Gasteiger partial charge in [-0.1, -0.05) is 115 Å². The molecule has 1 rings (SSSR count). The van der Waals surface area contributed by atoms with E-state index in [0.717, 1.165) is 11.3 Å². The highest BCUT2D eigenvalue weighted by Gasteiger charge is 1.96. The molecule has 1 aromatic carbocycles. The topological polar surface area (TPSA) is 43.1 Å². The maximum atomic E-state index is 10.6. The number of carbonyl (C=O) groups excluding carboxylic acids is 1. The van der Waals surface area contributed by atoms with Gasteiger partial charge >= 0.3 is 0 Å². The van der Waals surface area contributed by atoms with Crippen LogP contribution < -0.4 is 5.73 Å². The summed E-state index contributed by atoms with van der Waals surface area (Å²) < 4.78 is 0. The standard InChI is InChI=1S/C18H37NO.C6H6S/c1-2-3-4-5-6-7-8-9-10-11-12-13-14-15-16-17-18(19)20;7-6-4-2-1-3-5-6/h2-17H2,1H3,(H2,19,20);1-5,7H. The average molecular weight is 394 g/mol. The van der Waals surface area contributed by atoms with Crippen LogP contribution in [0, 0.1) is 0 Å². The third-order valence-electron chi connectivity index (χ3n) is 4.78. The van der Waals surface area contributed by atoms with Crippen molar-refractivity contribution in [1.29, 1.82) is 0 Å². The van der Waals surface area contributed by atoms with Crippen molar-refractivity contribution < 1.29 is 4.79 Å². The Bertz CT molecular complexity index is 422. The zero-order valence-corrected chi connectivity index (χ0v) is 18.5. The maximum Gasteiger partial charge on any atom is 0.217 e. The Labute approximate surface area is 174 Å². The average Bonchev–Trinajstić information content (AvgIpc) is 2.66. The van der Waals surface area contributed by atoms with Gasteiger partial charge in [0.05, 0.1) is 0 Å². The molecule has 0 unspecified atom stereocenters. The molecule has 2 N–H and O–H groups in total. The van der Waals surface area contributed by atoms with Crippen LogP contribution in [-0.4, -0.2) is 5.91 Å². The molecule has 0 radical (unpaired) electrons. The molecule has 0 bridgehead atoms. The van der Waals surface area contributed by atoms with Crippen LogP contribution in [0.25, 0.3) is 0 Å². The van der Waals surface area contributed by atoms with Crippen molar-refractivity contribution in [3.8, 4) is 0 Å². The predicted octanol–water partition coefficient (Wildman–Crippen LogP) is 7.71. The minimum absolute atomic E-state index is 0.153. The van der Waals surface area contributed by atoms with Gasteiger partial charge in [0, 0.05) is 11.3 Å². The van der Waals surface area contributed by atoms with Crippen molar-refractivity contribution in [3.63, 3.8) is 0 Å². The second-order valence-corrected chi connectivity index (χ2v) is 8.02. The third-order valence-corrected chi connectivity index (χ3v) is 5.08. The number of unbranched alkanes of at least 4 members (excludes halogenated alkanes) is 14. The number of rotatable bonds is 16. The molecule has 2 nitrogen and oxygen atoms in total. The summed E-state index contributed by atoms with van der Waals surface area (Å²) in [6.45, 7) is 2.28. The molecule has 0 heterocycles. The summed E-state index contributed by atoms with van der Waals surface area (Å²) >= 11 is 4.08. The fourth-order valence-corrected chi connectivity index (χ4v) is 3.27. The van der Waals surface area contributed by atoms with Crippen molar-refractivity contribution in [2.24, 2.45) is 5.73 Å². The minimum Gasteiger partial charge on any atom is -0.370 e. The van der Waals surface area contributed by atoms with E-state index in [1.54, 1.807) is 0 Å². The lowest BCUT2D eigenvalue weighted by molar-refractivity contribution is -0.118. The fourth-order valence-electron chi connectivity index (χ4n) is 3.10. The molecule has 0 aliphatic heterocycles. The summed E-state index contributed by atoms with van der Waals surface area (Å²) in [5.41, 5.74) is 5.11. The molecule has 0 saturated heterocycles. The van der Waals surface area contributed by atoms with Crippen LogP contribution >= 0.6 is 12.6 Å². The van der Waals surface area contributed by atoms with Crippen molar-refractivity contribution in [2.45, 2.75) is 115 Å². The SMILES string of the molecule is CCCCCCCCCCCCCCCCCC(N)=O.Sc1ccccc1. The van der Waals surface area contributed by atoms with E-state index in [9.17, 15) is 4.79 Å². The number of nitrogens with two attached hydrogens (primary N) is 1. The number of primary amides is 1. The normalized spacial score (nSPS) is 10.3. The van der Waals surface area contributed by atoms with Gasteiger partial charge in [0.2, 0.25) is 5.91 Å². The van der Waals surface area contributed by atoms with E-state index in [2.05, 4.69) is 19.6 Å². The van der Waals surface area contributed by atoms with E-state index in [1.807, 2.05) is 30.3 Å². The second-order valence-electron chi connectivity index (χ2n) is 7.50. The van der Waals surface area contributed by atoms with E-state index in [1.165, 1.54) is 89.9 Å². The molecule has 27 heavy (non-hydrogen) atoms. The Kier molecular flexibility index (Phi) is 20.6. The first kappa shape index (κ1) is 26.0.